The lowest BCUT2D eigenvalue weighted by Gasteiger charge is -2.23. The molecule has 4 heterocycles. The number of aromatic nitrogens is 4. The molecule has 1 aliphatic rings. The topological polar surface area (TPSA) is 67.2 Å². The zero-order valence-corrected chi connectivity index (χ0v) is 17.6. The van der Waals surface area contributed by atoms with E-state index in [1.165, 1.54) is 6.07 Å². The third-order valence-electron chi connectivity index (χ3n) is 5.51. The Kier molecular flexibility index (Phi) is 5.32. The largest absolute Gasteiger partial charge is 0.417 e. The van der Waals surface area contributed by atoms with Crippen LogP contribution in [0.3, 0.4) is 0 Å². The molecule has 4 rings (SSSR count). The van der Waals surface area contributed by atoms with Crippen LogP contribution < -0.4 is 4.90 Å². The number of nitrogens with zero attached hydrogens (tertiary/aromatic N) is 6. The second-order valence-electron chi connectivity index (χ2n) is 7.75. The van der Waals surface area contributed by atoms with Crippen LogP contribution in [0.1, 0.15) is 33.7 Å². The minimum Gasteiger partial charge on any atom is -0.355 e. The Labute approximate surface area is 177 Å². The molecule has 10 heteroatoms. The summed E-state index contributed by atoms with van der Waals surface area (Å²) in [6.07, 6.45) is -2.87. The molecule has 0 bridgehead atoms. The molecule has 0 saturated carbocycles. The number of anilines is 1. The number of pyridine rings is 2. The van der Waals surface area contributed by atoms with E-state index >= 15 is 0 Å². The van der Waals surface area contributed by atoms with Gasteiger partial charge in [0.15, 0.2) is 5.65 Å². The van der Waals surface area contributed by atoms with Crippen molar-refractivity contribution in [2.24, 2.45) is 7.05 Å². The quantitative estimate of drug-likeness (QED) is 0.621. The summed E-state index contributed by atoms with van der Waals surface area (Å²) in [6, 6.07) is 4.21. The first kappa shape index (κ1) is 21.1. The number of aryl methyl sites for hydroxylation is 3. The van der Waals surface area contributed by atoms with Crippen LogP contribution in [0.5, 0.6) is 0 Å². The Morgan fingerprint density at radius 1 is 1.10 bits per heavy atom. The Morgan fingerprint density at radius 3 is 2.55 bits per heavy atom. The molecular weight excluding hydrogens is 409 g/mol. The number of fused-ring (bicyclic) bond motifs is 1. The van der Waals surface area contributed by atoms with Crippen LogP contribution in [0.2, 0.25) is 0 Å². The summed E-state index contributed by atoms with van der Waals surface area (Å²) in [5, 5.41) is 5.15. The van der Waals surface area contributed by atoms with Crippen LogP contribution in [-0.4, -0.2) is 56.7 Å². The summed E-state index contributed by atoms with van der Waals surface area (Å²) in [5.41, 5.74) is 1.97. The summed E-state index contributed by atoms with van der Waals surface area (Å²) in [4.78, 5) is 25.6. The molecule has 0 aliphatic carbocycles. The molecule has 1 amide bonds. The summed E-state index contributed by atoms with van der Waals surface area (Å²) < 4.78 is 40.0. The minimum absolute atomic E-state index is 0.0890. The van der Waals surface area contributed by atoms with Crippen LogP contribution in [0.15, 0.2) is 24.4 Å². The third-order valence-corrected chi connectivity index (χ3v) is 5.51. The molecule has 1 aliphatic heterocycles. The van der Waals surface area contributed by atoms with Gasteiger partial charge in [0.05, 0.1) is 22.2 Å². The first-order chi connectivity index (χ1) is 14.6. The Balaban J connectivity index is 1.54. The van der Waals surface area contributed by atoms with Crippen molar-refractivity contribution in [1.29, 1.82) is 0 Å². The summed E-state index contributed by atoms with van der Waals surface area (Å²) in [6.45, 7) is 5.81. The SMILES string of the molecule is Cc1cc(C(=O)N2CCCN(c3ccc(C(F)(F)F)cn3)CC2)c2c(C)nn(C)c2n1. The number of alkyl halides is 3. The summed E-state index contributed by atoms with van der Waals surface area (Å²) >= 11 is 0. The van der Waals surface area contributed by atoms with Gasteiger partial charge in [-0.3, -0.25) is 9.48 Å². The Hall–Kier alpha value is -3.17. The molecule has 3 aromatic rings. The highest BCUT2D eigenvalue weighted by atomic mass is 19.4. The molecule has 0 N–H and O–H groups in total. The standard InChI is InChI=1S/C21H23F3N6O/c1-13-11-16(18-14(2)27-28(3)19(18)26-13)20(31)30-8-4-7-29(9-10-30)17-6-5-15(12-25-17)21(22,23)24/h5-6,11-12H,4,7-10H2,1-3H3. The van der Waals surface area contributed by atoms with E-state index in [0.717, 1.165) is 29.0 Å². The van der Waals surface area contributed by atoms with Crippen molar-refractivity contribution in [3.63, 3.8) is 0 Å². The lowest BCUT2D eigenvalue weighted by molar-refractivity contribution is -0.137. The fourth-order valence-electron chi connectivity index (χ4n) is 4.00. The maximum absolute atomic E-state index is 13.4. The number of amides is 1. The van der Waals surface area contributed by atoms with Gasteiger partial charge in [-0.15, -0.1) is 0 Å². The van der Waals surface area contributed by atoms with Crippen LogP contribution in [0.25, 0.3) is 11.0 Å². The monoisotopic (exact) mass is 432 g/mol. The van der Waals surface area contributed by atoms with E-state index in [2.05, 4.69) is 15.1 Å². The van der Waals surface area contributed by atoms with Gasteiger partial charge in [0, 0.05) is 45.1 Å². The summed E-state index contributed by atoms with van der Waals surface area (Å²) in [7, 11) is 1.80. The van der Waals surface area contributed by atoms with Crippen molar-refractivity contribution in [3.05, 3.63) is 46.9 Å². The zero-order chi connectivity index (χ0) is 22.3. The fourth-order valence-corrected chi connectivity index (χ4v) is 4.00. The lowest BCUT2D eigenvalue weighted by atomic mass is 10.1. The van der Waals surface area contributed by atoms with Crippen LogP contribution in [0.4, 0.5) is 19.0 Å². The van der Waals surface area contributed by atoms with Crippen molar-refractivity contribution >= 4 is 22.8 Å². The van der Waals surface area contributed by atoms with Crippen molar-refractivity contribution in [2.75, 3.05) is 31.1 Å². The van der Waals surface area contributed by atoms with Crippen LogP contribution >= 0.6 is 0 Å². The summed E-state index contributed by atoms with van der Waals surface area (Å²) in [5.74, 6) is 0.390. The zero-order valence-electron chi connectivity index (χ0n) is 17.6. The van der Waals surface area contributed by atoms with E-state index in [9.17, 15) is 18.0 Å². The number of carbonyl (C=O) groups excluding carboxylic acids is 1. The van der Waals surface area contributed by atoms with Gasteiger partial charge in [0.1, 0.15) is 5.82 Å². The third kappa shape index (κ3) is 4.06. The molecule has 164 valence electrons. The average Bonchev–Trinajstić information content (AvgIpc) is 2.89. The first-order valence-electron chi connectivity index (χ1n) is 10.0. The highest BCUT2D eigenvalue weighted by Crippen LogP contribution is 2.29. The van der Waals surface area contributed by atoms with Gasteiger partial charge in [-0.1, -0.05) is 0 Å². The predicted molar refractivity (Wildman–Crippen MR) is 110 cm³/mol. The van der Waals surface area contributed by atoms with Crippen LogP contribution in [0, 0.1) is 13.8 Å². The van der Waals surface area contributed by atoms with Gasteiger partial charge in [0.2, 0.25) is 0 Å². The number of halogens is 3. The van der Waals surface area contributed by atoms with E-state index in [0.29, 0.717) is 49.6 Å². The molecule has 1 fully saturated rings. The van der Waals surface area contributed by atoms with Crippen molar-refractivity contribution < 1.29 is 18.0 Å². The maximum Gasteiger partial charge on any atom is 0.417 e. The molecule has 31 heavy (non-hydrogen) atoms. The second-order valence-corrected chi connectivity index (χ2v) is 7.75. The second kappa shape index (κ2) is 7.82. The predicted octanol–water partition coefficient (Wildman–Crippen LogP) is 3.35. The highest BCUT2D eigenvalue weighted by Gasteiger charge is 2.31. The normalized spacial score (nSPS) is 15.4. The minimum atomic E-state index is -4.41. The van der Waals surface area contributed by atoms with Gasteiger partial charge >= 0.3 is 6.18 Å². The molecule has 0 aromatic carbocycles. The number of hydrogen-bond acceptors (Lipinski definition) is 5. The molecule has 0 radical (unpaired) electrons. The highest BCUT2D eigenvalue weighted by molar-refractivity contribution is 6.06. The molecule has 0 atom stereocenters. The van der Waals surface area contributed by atoms with Gasteiger partial charge in [-0.05, 0) is 38.5 Å². The van der Waals surface area contributed by atoms with E-state index in [1.807, 2.05) is 18.7 Å². The van der Waals surface area contributed by atoms with E-state index < -0.39 is 11.7 Å². The number of carbonyl (C=O) groups is 1. The Bertz CT molecular complexity index is 1120. The van der Waals surface area contributed by atoms with Gasteiger partial charge in [-0.2, -0.15) is 18.3 Å². The van der Waals surface area contributed by atoms with Crippen LogP contribution in [-0.2, 0) is 13.2 Å². The van der Waals surface area contributed by atoms with Gasteiger partial charge in [-0.25, -0.2) is 9.97 Å². The lowest BCUT2D eigenvalue weighted by Crippen LogP contribution is -2.35. The van der Waals surface area contributed by atoms with Gasteiger partial charge in [0.25, 0.3) is 5.91 Å². The van der Waals surface area contributed by atoms with Crippen molar-refractivity contribution in [2.45, 2.75) is 26.4 Å². The fraction of sp³-hybridized carbons (Fsp3) is 0.429. The average molecular weight is 432 g/mol. The molecule has 7 nitrogen and oxygen atoms in total. The molecule has 3 aromatic heterocycles. The van der Waals surface area contributed by atoms with E-state index in [-0.39, 0.29) is 5.91 Å². The first-order valence-corrected chi connectivity index (χ1v) is 10.0. The Morgan fingerprint density at radius 2 is 1.87 bits per heavy atom. The van der Waals surface area contributed by atoms with E-state index in [1.54, 1.807) is 22.7 Å². The molecular formula is C21H23F3N6O. The maximum atomic E-state index is 13.4. The van der Waals surface area contributed by atoms with Crippen molar-refractivity contribution in [3.8, 4) is 0 Å². The number of hydrogen-bond donors (Lipinski definition) is 0. The molecule has 0 spiro atoms. The molecule has 1 saturated heterocycles. The molecule has 0 unspecified atom stereocenters. The number of rotatable bonds is 2. The smallest absolute Gasteiger partial charge is 0.355 e. The van der Waals surface area contributed by atoms with Gasteiger partial charge < -0.3 is 9.80 Å². The van der Waals surface area contributed by atoms with E-state index in [4.69, 9.17) is 0 Å². The van der Waals surface area contributed by atoms with Crippen molar-refractivity contribution in [1.82, 2.24) is 24.6 Å².